The highest BCUT2D eigenvalue weighted by Gasteiger charge is 2.17. The van der Waals surface area contributed by atoms with Crippen LogP contribution < -0.4 is 10.6 Å². The maximum Gasteiger partial charge on any atom is 0.311 e. The van der Waals surface area contributed by atoms with E-state index in [4.69, 9.17) is 0 Å². The van der Waals surface area contributed by atoms with Crippen molar-refractivity contribution in [1.29, 1.82) is 0 Å². The number of hydrogen-bond donors (Lipinski definition) is 2. The molecule has 1 aromatic heterocycles. The number of rotatable bonds is 4. The van der Waals surface area contributed by atoms with Crippen LogP contribution in [0.15, 0.2) is 28.5 Å². The summed E-state index contributed by atoms with van der Waals surface area (Å²) in [5.74, 6) is 0. The van der Waals surface area contributed by atoms with Crippen LogP contribution in [-0.4, -0.2) is 29.5 Å². The number of nitrogens with one attached hydrogen (secondary N) is 2. The van der Waals surface area contributed by atoms with Gasteiger partial charge in [0.25, 0.3) is 0 Å². The molecule has 0 saturated heterocycles. The van der Waals surface area contributed by atoms with E-state index in [1.54, 1.807) is 6.20 Å². The Morgan fingerprint density at radius 1 is 1.56 bits per heavy atom. The molecule has 2 heterocycles. The Bertz CT molecular complexity index is 490. The number of hydrogen-bond acceptors (Lipinski definition) is 5. The fourth-order valence-corrected chi connectivity index (χ4v) is 2.23. The van der Waals surface area contributed by atoms with Crippen LogP contribution in [0.2, 0.25) is 0 Å². The summed E-state index contributed by atoms with van der Waals surface area (Å²) in [6, 6.07) is 0. The molecule has 18 heavy (non-hydrogen) atoms. The molecule has 0 aromatic carbocycles. The van der Waals surface area contributed by atoms with Crippen molar-refractivity contribution >= 4 is 27.3 Å². The highest BCUT2D eigenvalue weighted by Crippen LogP contribution is 2.31. The predicted molar refractivity (Wildman–Crippen MR) is 72.7 cm³/mol. The Kier molecular flexibility index (Phi) is 4.27. The van der Waals surface area contributed by atoms with Gasteiger partial charge in [-0.3, -0.25) is 15.1 Å². The van der Waals surface area contributed by atoms with E-state index >= 15 is 0 Å². The number of anilines is 1. The fraction of sp³-hybridized carbons (Fsp3) is 0.364. The van der Waals surface area contributed by atoms with E-state index in [2.05, 4.69) is 37.6 Å². The quantitative estimate of drug-likeness (QED) is 0.505. The summed E-state index contributed by atoms with van der Waals surface area (Å²) in [5.41, 5.74) is 1.72. The van der Waals surface area contributed by atoms with Crippen molar-refractivity contribution < 1.29 is 4.92 Å². The van der Waals surface area contributed by atoms with Gasteiger partial charge in [-0.1, -0.05) is 11.6 Å². The minimum Gasteiger partial charge on any atom is -0.375 e. The van der Waals surface area contributed by atoms with Crippen molar-refractivity contribution in [2.24, 2.45) is 0 Å². The van der Waals surface area contributed by atoms with Crippen LogP contribution in [0.3, 0.4) is 0 Å². The molecule has 0 atom stereocenters. The highest BCUT2D eigenvalue weighted by molar-refractivity contribution is 9.10. The molecule has 0 fully saturated rings. The van der Waals surface area contributed by atoms with Gasteiger partial charge in [-0.2, -0.15) is 0 Å². The molecule has 1 aliphatic rings. The molecular formula is C11H13BrN4O2. The van der Waals surface area contributed by atoms with E-state index in [-0.39, 0.29) is 5.69 Å². The molecule has 0 amide bonds. The van der Waals surface area contributed by atoms with E-state index in [1.165, 1.54) is 11.8 Å². The molecule has 1 aliphatic heterocycles. The lowest BCUT2D eigenvalue weighted by Crippen LogP contribution is -2.23. The van der Waals surface area contributed by atoms with Crippen molar-refractivity contribution in [3.05, 3.63) is 38.6 Å². The minimum atomic E-state index is -0.434. The third-order valence-electron chi connectivity index (χ3n) is 2.73. The minimum absolute atomic E-state index is 0.0149. The Balaban J connectivity index is 2.13. The Morgan fingerprint density at radius 2 is 2.39 bits per heavy atom. The number of nitrogens with zero attached hydrogens (tertiary/aromatic N) is 2. The monoisotopic (exact) mass is 312 g/mol. The summed E-state index contributed by atoms with van der Waals surface area (Å²) in [7, 11) is 0. The molecule has 6 nitrogen and oxygen atoms in total. The molecule has 2 N–H and O–H groups in total. The second-order valence-electron chi connectivity index (χ2n) is 3.94. The number of halogens is 1. The molecule has 7 heteroatoms. The van der Waals surface area contributed by atoms with Gasteiger partial charge in [0.05, 0.1) is 9.40 Å². The van der Waals surface area contributed by atoms with E-state index in [1.807, 2.05) is 0 Å². The van der Waals surface area contributed by atoms with Crippen LogP contribution >= 0.6 is 15.9 Å². The van der Waals surface area contributed by atoms with Crippen LogP contribution in [-0.2, 0) is 0 Å². The van der Waals surface area contributed by atoms with Crippen molar-refractivity contribution in [3.8, 4) is 0 Å². The molecule has 2 rings (SSSR count). The fourth-order valence-electron chi connectivity index (χ4n) is 1.77. The maximum absolute atomic E-state index is 10.9. The van der Waals surface area contributed by atoms with Gasteiger partial charge in [0.15, 0.2) is 0 Å². The van der Waals surface area contributed by atoms with Crippen molar-refractivity contribution in [2.75, 3.05) is 25.0 Å². The maximum atomic E-state index is 10.9. The van der Waals surface area contributed by atoms with E-state index < -0.39 is 4.92 Å². The predicted octanol–water partition coefficient (Wildman–Crippen LogP) is 2.08. The van der Waals surface area contributed by atoms with E-state index in [0.29, 0.717) is 16.7 Å². The summed E-state index contributed by atoms with van der Waals surface area (Å²) in [6.45, 7) is 2.43. The SMILES string of the molecule is O=[N+]([O-])c1cncc(Br)c1NCC1=CCNCC1. The third kappa shape index (κ3) is 3.05. The Labute approximate surface area is 113 Å². The van der Waals surface area contributed by atoms with Crippen LogP contribution in [0.25, 0.3) is 0 Å². The largest absolute Gasteiger partial charge is 0.375 e. The molecule has 96 valence electrons. The zero-order valence-electron chi connectivity index (χ0n) is 9.65. The van der Waals surface area contributed by atoms with Gasteiger partial charge in [-0.25, -0.2) is 0 Å². The van der Waals surface area contributed by atoms with Gasteiger partial charge in [-0.15, -0.1) is 0 Å². The normalized spacial score (nSPS) is 15.1. The van der Waals surface area contributed by atoms with Gasteiger partial charge < -0.3 is 10.6 Å². The van der Waals surface area contributed by atoms with Crippen molar-refractivity contribution in [1.82, 2.24) is 10.3 Å². The zero-order chi connectivity index (χ0) is 13.0. The lowest BCUT2D eigenvalue weighted by Gasteiger charge is -2.15. The molecule has 0 radical (unpaired) electrons. The average molecular weight is 313 g/mol. The van der Waals surface area contributed by atoms with Gasteiger partial charge >= 0.3 is 5.69 Å². The summed E-state index contributed by atoms with van der Waals surface area (Å²) in [6.07, 6.45) is 5.87. The molecule has 0 bridgehead atoms. The topological polar surface area (TPSA) is 80.1 Å². The first-order chi connectivity index (χ1) is 8.68. The first-order valence-electron chi connectivity index (χ1n) is 5.59. The van der Waals surface area contributed by atoms with Crippen LogP contribution in [0.4, 0.5) is 11.4 Å². The van der Waals surface area contributed by atoms with Crippen LogP contribution in [0, 0.1) is 10.1 Å². The smallest absolute Gasteiger partial charge is 0.311 e. The van der Waals surface area contributed by atoms with Crippen molar-refractivity contribution in [3.63, 3.8) is 0 Å². The summed E-state index contributed by atoms with van der Waals surface area (Å²) < 4.78 is 0.603. The second kappa shape index (κ2) is 5.92. The molecular weight excluding hydrogens is 300 g/mol. The second-order valence-corrected chi connectivity index (χ2v) is 4.80. The third-order valence-corrected chi connectivity index (χ3v) is 3.33. The zero-order valence-corrected chi connectivity index (χ0v) is 11.2. The van der Waals surface area contributed by atoms with Gasteiger partial charge in [0.2, 0.25) is 0 Å². The first-order valence-corrected chi connectivity index (χ1v) is 6.38. The summed E-state index contributed by atoms with van der Waals surface area (Å²) in [4.78, 5) is 14.3. The molecule has 0 spiro atoms. The standard InChI is InChI=1S/C11H13BrN4O2/c12-9-6-14-7-10(16(17)18)11(9)15-5-8-1-3-13-4-2-8/h1,6-7,13H,2-5H2,(H,14,15). The first kappa shape index (κ1) is 13.0. The van der Waals surface area contributed by atoms with Crippen molar-refractivity contribution in [2.45, 2.75) is 6.42 Å². The molecule has 1 aromatic rings. The Hall–Kier alpha value is -1.47. The van der Waals surface area contributed by atoms with E-state index in [9.17, 15) is 10.1 Å². The van der Waals surface area contributed by atoms with Crippen LogP contribution in [0.5, 0.6) is 0 Å². The Morgan fingerprint density at radius 3 is 3.06 bits per heavy atom. The van der Waals surface area contributed by atoms with Gasteiger partial charge in [0.1, 0.15) is 11.9 Å². The summed E-state index contributed by atoms with van der Waals surface area (Å²) >= 11 is 3.28. The number of aromatic nitrogens is 1. The highest BCUT2D eigenvalue weighted by atomic mass is 79.9. The van der Waals surface area contributed by atoms with E-state index in [0.717, 1.165) is 19.5 Å². The van der Waals surface area contributed by atoms with Gasteiger partial charge in [-0.05, 0) is 28.9 Å². The molecule has 0 saturated carbocycles. The lowest BCUT2D eigenvalue weighted by atomic mass is 10.1. The number of nitro groups is 1. The molecule has 0 unspecified atom stereocenters. The molecule has 0 aliphatic carbocycles. The average Bonchev–Trinajstić information content (AvgIpc) is 2.38. The summed E-state index contributed by atoms with van der Waals surface area (Å²) in [5, 5.41) is 17.2. The number of pyridine rings is 1. The van der Waals surface area contributed by atoms with Gasteiger partial charge in [0, 0.05) is 19.3 Å². The lowest BCUT2D eigenvalue weighted by molar-refractivity contribution is -0.384. The van der Waals surface area contributed by atoms with Crippen LogP contribution in [0.1, 0.15) is 6.42 Å².